The number of rotatable bonds is 2. The Morgan fingerprint density at radius 3 is 2.88 bits per heavy atom. The molecule has 0 spiro atoms. The van der Waals surface area contributed by atoms with Crippen molar-refractivity contribution in [2.45, 2.75) is 6.42 Å². The van der Waals surface area contributed by atoms with Gasteiger partial charge in [0, 0.05) is 12.4 Å². The first-order valence-corrected chi connectivity index (χ1v) is 5.03. The number of aromatic nitrogens is 4. The summed E-state index contributed by atoms with van der Waals surface area (Å²) in [6.07, 6.45) is 7.08. The van der Waals surface area contributed by atoms with E-state index < -0.39 is 0 Å². The van der Waals surface area contributed by atoms with Crippen LogP contribution in [0.5, 0.6) is 0 Å². The second-order valence-electron chi connectivity index (χ2n) is 3.48. The van der Waals surface area contributed by atoms with Gasteiger partial charge in [0.05, 0.1) is 23.1 Å². The van der Waals surface area contributed by atoms with Crippen LogP contribution in [0.15, 0.2) is 36.7 Å². The van der Waals surface area contributed by atoms with Crippen LogP contribution in [0.2, 0.25) is 0 Å². The molecule has 0 atom stereocenters. The lowest BCUT2D eigenvalue weighted by molar-refractivity contribution is 0.971. The first-order valence-electron chi connectivity index (χ1n) is 5.03. The Morgan fingerprint density at radius 1 is 1.19 bits per heavy atom. The summed E-state index contributed by atoms with van der Waals surface area (Å²) in [5.41, 5.74) is 2.56. The number of aromatic amines is 1. The van der Waals surface area contributed by atoms with Gasteiger partial charge in [0.25, 0.3) is 0 Å². The number of para-hydroxylation sites is 2. The zero-order valence-electron chi connectivity index (χ0n) is 8.51. The Kier molecular flexibility index (Phi) is 2.11. The van der Waals surface area contributed by atoms with Crippen molar-refractivity contribution in [3.05, 3.63) is 54.4 Å². The molecule has 0 fully saturated rings. The average Bonchev–Trinajstić information content (AvgIpc) is 2.82. The number of fused-ring (bicyclic) bond motifs is 1. The van der Waals surface area contributed by atoms with E-state index in [1.807, 2.05) is 24.3 Å². The summed E-state index contributed by atoms with van der Waals surface area (Å²) in [5, 5.41) is 0. The molecular formula is C12H9N4. The van der Waals surface area contributed by atoms with Crippen LogP contribution in [0.4, 0.5) is 0 Å². The topological polar surface area (TPSA) is 54.5 Å². The van der Waals surface area contributed by atoms with Crippen LogP contribution in [-0.2, 0) is 6.42 Å². The summed E-state index contributed by atoms with van der Waals surface area (Å²) in [5.74, 6) is 0.876. The molecule has 2 heterocycles. The molecule has 1 aromatic carbocycles. The van der Waals surface area contributed by atoms with Gasteiger partial charge in [-0.25, -0.2) is 15.0 Å². The fourth-order valence-corrected chi connectivity index (χ4v) is 1.58. The summed E-state index contributed by atoms with van der Waals surface area (Å²) in [7, 11) is 0. The van der Waals surface area contributed by atoms with Crippen molar-refractivity contribution in [1.29, 1.82) is 0 Å². The molecule has 3 aromatic rings. The third kappa shape index (κ3) is 1.65. The van der Waals surface area contributed by atoms with Crippen molar-refractivity contribution in [2.24, 2.45) is 0 Å². The molecule has 0 aliphatic rings. The number of nitrogens with one attached hydrogen (secondary N) is 1. The molecule has 0 aliphatic carbocycles. The van der Waals surface area contributed by atoms with Crippen molar-refractivity contribution >= 4 is 11.0 Å². The molecule has 0 bridgehead atoms. The maximum absolute atomic E-state index is 4.47. The highest BCUT2D eigenvalue weighted by atomic mass is 14.9. The Balaban J connectivity index is 1.99. The second-order valence-corrected chi connectivity index (χ2v) is 3.48. The Hall–Kier alpha value is -2.23. The van der Waals surface area contributed by atoms with E-state index in [2.05, 4.69) is 26.1 Å². The van der Waals surface area contributed by atoms with Crippen LogP contribution >= 0.6 is 0 Å². The Bertz CT molecular complexity index is 601. The Morgan fingerprint density at radius 2 is 2.06 bits per heavy atom. The van der Waals surface area contributed by atoms with Gasteiger partial charge in [0.15, 0.2) is 0 Å². The summed E-state index contributed by atoms with van der Waals surface area (Å²) < 4.78 is 0. The maximum Gasteiger partial charge on any atom is 0.113 e. The lowest BCUT2D eigenvalue weighted by Gasteiger charge is -1.99. The van der Waals surface area contributed by atoms with E-state index in [1.54, 1.807) is 12.4 Å². The minimum atomic E-state index is 0.630. The molecule has 1 N–H and O–H groups in total. The van der Waals surface area contributed by atoms with Gasteiger partial charge >= 0.3 is 0 Å². The number of hydrogen-bond acceptors (Lipinski definition) is 3. The largest absolute Gasteiger partial charge is 0.348 e. The highest BCUT2D eigenvalue weighted by Crippen LogP contribution is 2.09. The van der Waals surface area contributed by atoms with Crippen LogP contribution in [0.3, 0.4) is 0 Å². The summed E-state index contributed by atoms with van der Waals surface area (Å²) >= 11 is 0. The molecular weight excluding hydrogens is 200 g/mol. The van der Waals surface area contributed by atoms with Crippen molar-refractivity contribution in [3.8, 4) is 0 Å². The van der Waals surface area contributed by atoms with Gasteiger partial charge in [-0.15, -0.1) is 0 Å². The molecule has 1 radical (unpaired) electrons. The standard InChI is InChI=1S/C12H9N4/c1-2-4-11-10(3-1)15-8-9(16-11)7-12-13-5-6-14-12/h1-6H,7H2,(H,13,14). The fraction of sp³-hybridized carbons (Fsp3) is 0.0833. The van der Waals surface area contributed by atoms with E-state index in [0.29, 0.717) is 6.42 Å². The molecule has 0 saturated carbocycles. The highest BCUT2D eigenvalue weighted by Gasteiger charge is 2.02. The molecule has 4 nitrogen and oxygen atoms in total. The molecule has 0 aliphatic heterocycles. The van der Waals surface area contributed by atoms with Crippen LogP contribution in [-0.4, -0.2) is 19.9 Å². The summed E-state index contributed by atoms with van der Waals surface area (Å²) in [4.78, 5) is 15.9. The lowest BCUT2D eigenvalue weighted by Crippen LogP contribution is -1.96. The lowest BCUT2D eigenvalue weighted by atomic mass is 10.2. The molecule has 0 amide bonds. The normalized spacial score (nSPS) is 10.8. The van der Waals surface area contributed by atoms with E-state index in [4.69, 9.17) is 0 Å². The minimum absolute atomic E-state index is 0.630. The third-order valence-electron chi connectivity index (χ3n) is 2.33. The number of benzene rings is 1. The summed E-state index contributed by atoms with van der Waals surface area (Å²) in [6.45, 7) is 0. The third-order valence-corrected chi connectivity index (χ3v) is 2.33. The van der Waals surface area contributed by atoms with Crippen molar-refractivity contribution in [1.82, 2.24) is 19.9 Å². The zero-order chi connectivity index (χ0) is 10.8. The van der Waals surface area contributed by atoms with E-state index in [0.717, 1.165) is 22.6 Å². The first-order chi connectivity index (χ1) is 7.92. The van der Waals surface area contributed by atoms with Gasteiger partial charge in [-0.1, -0.05) is 12.1 Å². The van der Waals surface area contributed by atoms with Gasteiger partial charge in [0.2, 0.25) is 0 Å². The van der Waals surface area contributed by atoms with Gasteiger partial charge < -0.3 is 4.98 Å². The molecule has 77 valence electrons. The van der Waals surface area contributed by atoms with E-state index >= 15 is 0 Å². The van der Waals surface area contributed by atoms with Gasteiger partial charge in [-0.05, 0) is 12.1 Å². The van der Waals surface area contributed by atoms with Crippen molar-refractivity contribution in [2.75, 3.05) is 0 Å². The predicted molar refractivity (Wildman–Crippen MR) is 59.8 cm³/mol. The molecule has 0 unspecified atom stereocenters. The minimum Gasteiger partial charge on any atom is -0.348 e. The number of nitrogens with zero attached hydrogens (tertiary/aromatic N) is 3. The zero-order valence-corrected chi connectivity index (χ0v) is 8.51. The van der Waals surface area contributed by atoms with Crippen molar-refractivity contribution < 1.29 is 0 Å². The molecule has 0 saturated heterocycles. The quantitative estimate of drug-likeness (QED) is 0.699. The fourth-order valence-electron chi connectivity index (χ4n) is 1.58. The van der Waals surface area contributed by atoms with Crippen LogP contribution < -0.4 is 0 Å². The van der Waals surface area contributed by atoms with Crippen LogP contribution in [0.1, 0.15) is 11.5 Å². The smallest absolute Gasteiger partial charge is 0.113 e. The Labute approximate surface area is 92.4 Å². The van der Waals surface area contributed by atoms with Crippen molar-refractivity contribution in [3.63, 3.8) is 0 Å². The summed E-state index contributed by atoms with van der Waals surface area (Å²) in [6, 6.07) is 7.77. The van der Waals surface area contributed by atoms with E-state index in [-0.39, 0.29) is 0 Å². The number of H-pyrrole nitrogens is 1. The molecule has 4 heteroatoms. The first kappa shape index (κ1) is 9.03. The average molecular weight is 209 g/mol. The number of hydrogen-bond donors (Lipinski definition) is 1. The maximum atomic E-state index is 4.47. The van der Waals surface area contributed by atoms with Crippen LogP contribution in [0, 0.1) is 6.20 Å². The molecule has 2 aromatic heterocycles. The monoisotopic (exact) mass is 209 g/mol. The second kappa shape index (κ2) is 3.73. The van der Waals surface area contributed by atoms with E-state index in [9.17, 15) is 0 Å². The molecule has 16 heavy (non-hydrogen) atoms. The van der Waals surface area contributed by atoms with Gasteiger partial charge in [-0.3, -0.25) is 0 Å². The van der Waals surface area contributed by atoms with Gasteiger partial charge in [0.1, 0.15) is 12.0 Å². The van der Waals surface area contributed by atoms with Crippen LogP contribution in [0.25, 0.3) is 11.0 Å². The SMILES string of the molecule is [c]1nc2ccccc2nc1Cc1ncc[nH]1. The highest BCUT2D eigenvalue weighted by molar-refractivity contribution is 5.73. The van der Waals surface area contributed by atoms with Gasteiger partial charge in [-0.2, -0.15) is 0 Å². The molecule has 3 rings (SSSR count). The predicted octanol–water partition coefficient (Wildman–Crippen LogP) is 1.74. The van der Waals surface area contributed by atoms with E-state index in [1.165, 1.54) is 0 Å². The number of imidazole rings is 1.